The minimum absolute atomic E-state index is 0.0302. The summed E-state index contributed by atoms with van der Waals surface area (Å²) in [5, 5.41) is 1.12. The first-order valence-corrected chi connectivity index (χ1v) is 7.81. The highest BCUT2D eigenvalue weighted by Crippen LogP contribution is 2.24. The van der Waals surface area contributed by atoms with Crippen molar-refractivity contribution in [1.82, 2.24) is 9.88 Å². The zero-order chi connectivity index (χ0) is 15.5. The van der Waals surface area contributed by atoms with Gasteiger partial charge >= 0.3 is 0 Å². The number of carbonyl (C=O) groups is 1. The van der Waals surface area contributed by atoms with Gasteiger partial charge in [-0.1, -0.05) is 35.3 Å². The van der Waals surface area contributed by atoms with Crippen molar-refractivity contribution in [3.05, 3.63) is 58.2 Å². The smallest absolute Gasteiger partial charge is 0.255 e. The molecule has 0 bridgehead atoms. The minimum atomic E-state index is -0.0302. The lowest BCUT2D eigenvalue weighted by Crippen LogP contribution is -2.49. The first kappa shape index (κ1) is 15.1. The van der Waals surface area contributed by atoms with Gasteiger partial charge in [0.05, 0.1) is 15.6 Å². The van der Waals surface area contributed by atoms with Gasteiger partial charge in [0, 0.05) is 32.4 Å². The predicted octanol–water partition coefficient (Wildman–Crippen LogP) is 3.35. The Kier molecular flexibility index (Phi) is 4.50. The van der Waals surface area contributed by atoms with Gasteiger partial charge < -0.3 is 9.80 Å². The number of anilines is 1. The number of hydrogen-bond donors (Lipinski definition) is 0. The fourth-order valence-corrected chi connectivity index (χ4v) is 2.99. The fraction of sp³-hybridized carbons (Fsp3) is 0.250. The van der Waals surface area contributed by atoms with Crippen molar-refractivity contribution in [2.45, 2.75) is 0 Å². The summed E-state index contributed by atoms with van der Waals surface area (Å²) in [7, 11) is 0. The molecule has 1 aliphatic heterocycles. The molecule has 1 aliphatic rings. The van der Waals surface area contributed by atoms with E-state index in [1.54, 1.807) is 18.3 Å². The maximum atomic E-state index is 12.5. The summed E-state index contributed by atoms with van der Waals surface area (Å²) in [5.41, 5.74) is 0.550. The number of hydrogen-bond acceptors (Lipinski definition) is 3. The van der Waals surface area contributed by atoms with Crippen LogP contribution in [-0.4, -0.2) is 42.0 Å². The van der Waals surface area contributed by atoms with Crippen molar-refractivity contribution < 1.29 is 4.79 Å². The second-order valence-corrected chi connectivity index (χ2v) is 5.88. The lowest BCUT2D eigenvalue weighted by molar-refractivity contribution is 0.0746. The summed E-state index contributed by atoms with van der Waals surface area (Å²) in [5.74, 6) is 0.742. The maximum absolute atomic E-state index is 12.5. The van der Waals surface area contributed by atoms with E-state index in [4.69, 9.17) is 23.2 Å². The van der Waals surface area contributed by atoms with Crippen LogP contribution in [0.5, 0.6) is 0 Å². The van der Waals surface area contributed by atoms with Crippen molar-refractivity contribution >= 4 is 34.9 Å². The van der Waals surface area contributed by atoms with Crippen molar-refractivity contribution in [3.63, 3.8) is 0 Å². The standard InChI is InChI=1S/C16H15Cl2N3O/c17-13-5-2-1-4-12(13)16(22)21-10-8-20(9-11-21)15-14(18)6-3-7-19-15/h1-7H,8-11H2. The van der Waals surface area contributed by atoms with Gasteiger partial charge in [0.1, 0.15) is 5.82 Å². The van der Waals surface area contributed by atoms with Gasteiger partial charge in [-0.3, -0.25) is 4.79 Å². The molecular weight excluding hydrogens is 321 g/mol. The Morgan fingerprint density at radius 1 is 0.955 bits per heavy atom. The van der Waals surface area contributed by atoms with Crippen LogP contribution in [0.25, 0.3) is 0 Å². The highest BCUT2D eigenvalue weighted by atomic mass is 35.5. The molecule has 2 heterocycles. The first-order valence-electron chi connectivity index (χ1n) is 7.06. The molecule has 1 amide bonds. The highest BCUT2D eigenvalue weighted by molar-refractivity contribution is 6.34. The van der Waals surface area contributed by atoms with E-state index in [0.717, 1.165) is 5.82 Å². The third kappa shape index (κ3) is 3.03. The van der Waals surface area contributed by atoms with E-state index < -0.39 is 0 Å². The van der Waals surface area contributed by atoms with Crippen LogP contribution in [0.3, 0.4) is 0 Å². The van der Waals surface area contributed by atoms with Gasteiger partial charge in [-0.05, 0) is 24.3 Å². The quantitative estimate of drug-likeness (QED) is 0.844. The second kappa shape index (κ2) is 6.55. The van der Waals surface area contributed by atoms with Crippen molar-refractivity contribution in [2.24, 2.45) is 0 Å². The summed E-state index contributed by atoms with van der Waals surface area (Å²) in [6.45, 7) is 2.65. The molecule has 0 unspecified atom stereocenters. The molecule has 1 aromatic heterocycles. The van der Waals surface area contributed by atoms with Crippen LogP contribution in [0.4, 0.5) is 5.82 Å². The number of benzene rings is 1. The SMILES string of the molecule is O=C(c1ccccc1Cl)N1CCN(c2ncccc2Cl)CC1. The van der Waals surface area contributed by atoms with Crippen LogP contribution < -0.4 is 4.90 Å². The lowest BCUT2D eigenvalue weighted by Gasteiger charge is -2.35. The summed E-state index contributed by atoms with van der Waals surface area (Å²) < 4.78 is 0. The van der Waals surface area contributed by atoms with Gasteiger partial charge in [0.15, 0.2) is 0 Å². The number of amides is 1. The van der Waals surface area contributed by atoms with E-state index >= 15 is 0 Å². The molecule has 0 spiro atoms. The summed E-state index contributed by atoms with van der Waals surface area (Å²) >= 11 is 12.3. The fourth-order valence-electron chi connectivity index (χ4n) is 2.54. The Balaban J connectivity index is 1.68. The molecule has 22 heavy (non-hydrogen) atoms. The van der Waals surface area contributed by atoms with Gasteiger partial charge in [0.2, 0.25) is 0 Å². The largest absolute Gasteiger partial charge is 0.352 e. The van der Waals surface area contributed by atoms with Crippen LogP contribution in [0.2, 0.25) is 10.0 Å². The Labute approximate surface area is 139 Å². The molecule has 0 aliphatic carbocycles. The maximum Gasteiger partial charge on any atom is 0.255 e. The Morgan fingerprint density at radius 2 is 1.64 bits per heavy atom. The first-order chi connectivity index (χ1) is 10.7. The van der Waals surface area contributed by atoms with Crippen molar-refractivity contribution in [3.8, 4) is 0 Å². The number of piperazine rings is 1. The summed E-state index contributed by atoms with van der Waals surface area (Å²) in [6, 6.07) is 10.8. The molecule has 6 heteroatoms. The van der Waals surface area contributed by atoms with Crippen LogP contribution in [0, 0.1) is 0 Å². The van der Waals surface area contributed by atoms with Gasteiger partial charge in [0.25, 0.3) is 5.91 Å². The van der Waals surface area contributed by atoms with E-state index in [0.29, 0.717) is 41.8 Å². The molecule has 2 aromatic rings. The molecule has 4 nitrogen and oxygen atoms in total. The van der Waals surface area contributed by atoms with Crippen molar-refractivity contribution in [1.29, 1.82) is 0 Å². The predicted molar refractivity (Wildman–Crippen MR) is 88.8 cm³/mol. The van der Waals surface area contributed by atoms with Gasteiger partial charge in [-0.2, -0.15) is 0 Å². The van der Waals surface area contributed by atoms with Gasteiger partial charge in [-0.15, -0.1) is 0 Å². The van der Waals surface area contributed by atoms with Crippen LogP contribution >= 0.6 is 23.2 Å². The average molecular weight is 336 g/mol. The normalized spacial score (nSPS) is 15.0. The number of rotatable bonds is 2. The minimum Gasteiger partial charge on any atom is -0.352 e. The molecule has 1 saturated heterocycles. The summed E-state index contributed by atoms with van der Waals surface area (Å²) in [4.78, 5) is 20.7. The van der Waals surface area contributed by atoms with E-state index in [1.165, 1.54) is 0 Å². The molecule has 3 rings (SSSR count). The molecule has 0 N–H and O–H groups in total. The van der Waals surface area contributed by atoms with Crippen LogP contribution in [0.1, 0.15) is 10.4 Å². The molecule has 0 saturated carbocycles. The molecule has 1 aromatic carbocycles. The topological polar surface area (TPSA) is 36.4 Å². The molecular formula is C16H15Cl2N3O. The van der Waals surface area contributed by atoms with Crippen LogP contribution in [-0.2, 0) is 0 Å². The third-order valence-corrected chi connectivity index (χ3v) is 4.33. The Morgan fingerprint density at radius 3 is 2.32 bits per heavy atom. The van der Waals surface area contributed by atoms with E-state index in [-0.39, 0.29) is 5.91 Å². The lowest BCUT2D eigenvalue weighted by atomic mass is 10.2. The average Bonchev–Trinajstić information content (AvgIpc) is 2.55. The zero-order valence-electron chi connectivity index (χ0n) is 11.9. The third-order valence-electron chi connectivity index (χ3n) is 3.71. The molecule has 0 atom stereocenters. The second-order valence-electron chi connectivity index (χ2n) is 5.07. The highest BCUT2D eigenvalue weighted by Gasteiger charge is 2.24. The summed E-state index contributed by atoms with van der Waals surface area (Å²) in [6.07, 6.45) is 1.72. The van der Waals surface area contributed by atoms with E-state index in [2.05, 4.69) is 9.88 Å². The van der Waals surface area contributed by atoms with Crippen LogP contribution in [0.15, 0.2) is 42.6 Å². The molecule has 1 fully saturated rings. The number of nitrogens with zero attached hydrogens (tertiary/aromatic N) is 3. The van der Waals surface area contributed by atoms with E-state index in [9.17, 15) is 4.79 Å². The monoisotopic (exact) mass is 335 g/mol. The number of carbonyl (C=O) groups excluding carboxylic acids is 1. The van der Waals surface area contributed by atoms with E-state index in [1.807, 2.05) is 29.2 Å². The van der Waals surface area contributed by atoms with Gasteiger partial charge in [-0.25, -0.2) is 4.98 Å². The number of aromatic nitrogens is 1. The Hall–Kier alpha value is -1.78. The number of pyridine rings is 1. The number of halogens is 2. The molecule has 114 valence electrons. The molecule has 0 radical (unpaired) electrons. The van der Waals surface area contributed by atoms with Crippen molar-refractivity contribution in [2.75, 3.05) is 31.1 Å². The Bertz CT molecular complexity index is 685. The zero-order valence-corrected chi connectivity index (χ0v) is 13.4.